The predicted octanol–water partition coefficient (Wildman–Crippen LogP) is 0.779. The van der Waals surface area contributed by atoms with Crippen molar-refractivity contribution in [2.45, 2.75) is 45.1 Å². The number of carbonyl (C=O) groups is 3. The molecule has 1 aliphatic heterocycles. The lowest BCUT2D eigenvalue weighted by Gasteiger charge is -2.33. The van der Waals surface area contributed by atoms with Crippen molar-refractivity contribution in [3.63, 3.8) is 0 Å². The number of amides is 2. The second-order valence-electron chi connectivity index (χ2n) is 4.33. The average Bonchev–Trinajstić information content (AvgIpc) is 2.43. The Morgan fingerprint density at radius 3 is 2.20 bits per heavy atom. The van der Waals surface area contributed by atoms with Gasteiger partial charge in [0, 0.05) is 24.8 Å². The molecule has 1 heterocycles. The molecule has 1 rings (SSSR count). The summed E-state index contributed by atoms with van der Waals surface area (Å²) in [4.78, 5) is 34.5. The van der Waals surface area contributed by atoms with E-state index in [1.807, 2.05) is 0 Å². The van der Waals surface area contributed by atoms with Crippen LogP contribution in [-0.2, 0) is 14.4 Å². The van der Waals surface area contributed by atoms with Gasteiger partial charge in [0.25, 0.3) is 0 Å². The van der Waals surface area contributed by atoms with Gasteiger partial charge in [-0.25, -0.2) is 0 Å². The maximum Gasteiger partial charge on any atom is 0.303 e. The first-order chi connectivity index (χ1) is 6.84. The summed E-state index contributed by atoms with van der Waals surface area (Å²) in [5, 5.41) is 8.56. The van der Waals surface area contributed by atoms with Crippen molar-refractivity contribution in [3.8, 4) is 0 Å². The number of carboxylic acids is 1. The van der Waals surface area contributed by atoms with Crippen molar-refractivity contribution < 1.29 is 19.5 Å². The van der Waals surface area contributed by atoms with Crippen molar-refractivity contribution in [1.82, 2.24) is 4.90 Å². The van der Waals surface area contributed by atoms with E-state index in [0.29, 0.717) is 6.42 Å². The fraction of sp³-hybridized carbons (Fsp3) is 0.700. The van der Waals surface area contributed by atoms with Crippen LogP contribution in [-0.4, -0.2) is 33.3 Å². The minimum atomic E-state index is -0.915. The Balaban J connectivity index is 2.71. The second-order valence-corrected chi connectivity index (χ2v) is 4.33. The average molecular weight is 213 g/mol. The second kappa shape index (κ2) is 4.00. The Morgan fingerprint density at radius 2 is 1.80 bits per heavy atom. The van der Waals surface area contributed by atoms with E-state index in [-0.39, 0.29) is 31.1 Å². The lowest BCUT2D eigenvalue weighted by molar-refractivity contribution is -0.147. The van der Waals surface area contributed by atoms with E-state index in [1.54, 1.807) is 13.8 Å². The summed E-state index contributed by atoms with van der Waals surface area (Å²) < 4.78 is 0. The smallest absolute Gasteiger partial charge is 0.303 e. The number of carboxylic acid groups (broad SMARTS) is 1. The molecular formula is C10H15NO4. The van der Waals surface area contributed by atoms with Crippen molar-refractivity contribution in [2.24, 2.45) is 0 Å². The zero-order chi connectivity index (χ0) is 11.6. The maximum absolute atomic E-state index is 11.4. The number of aliphatic carboxylic acids is 1. The Morgan fingerprint density at radius 1 is 1.33 bits per heavy atom. The minimum Gasteiger partial charge on any atom is -0.481 e. The first kappa shape index (κ1) is 11.7. The summed E-state index contributed by atoms with van der Waals surface area (Å²) in [6, 6.07) is 0. The number of nitrogens with zero attached hydrogens (tertiary/aromatic N) is 1. The predicted molar refractivity (Wildman–Crippen MR) is 52.0 cm³/mol. The van der Waals surface area contributed by atoms with Gasteiger partial charge in [0.2, 0.25) is 11.8 Å². The molecule has 0 spiro atoms. The highest BCUT2D eigenvalue weighted by molar-refractivity contribution is 6.02. The van der Waals surface area contributed by atoms with Crippen LogP contribution in [0.1, 0.15) is 39.5 Å². The molecule has 2 amide bonds. The van der Waals surface area contributed by atoms with Crippen LogP contribution in [0.5, 0.6) is 0 Å². The first-order valence-corrected chi connectivity index (χ1v) is 4.92. The Bertz CT molecular complexity index is 293. The molecule has 0 bridgehead atoms. The topological polar surface area (TPSA) is 74.7 Å². The van der Waals surface area contributed by atoms with Gasteiger partial charge in [-0.3, -0.25) is 19.3 Å². The SMILES string of the molecule is CC(C)(CCC(=O)O)N1C(=O)CCC1=O. The van der Waals surface area contributed by atoms with Crippen molar-refractivity contribution in [2.75, 3.05) is 0 Å². The molecule has 1 fully saturated rings. The third-order valence-corrected chi connectivity index (χ3v) is 2.61. The largest absolute Gasteiger partial charge is 0.481 e. The first-order valence-electron chi connectivity index (χ1n) is 4.92. The molecule has 15 heavy (non-hydrogen) atoms. The fourth-order valence-corrected chi connectivity index (χ4v) is 1.78. The number of hydrogen-bond acceptors (Lipinski definition) is 3. The van der Waals surface area contributed by atoms with E-state index in [9.17, 15) is 14.4 Å². The van der Waals surface area contributed by atoms with Crippen molar-refractivity contribution in [1.29, 1.82) is 0 Å². The lowest BCUT2D eigenvalue weighted by Crippen LogP contribution is -2.47. The van der Waals surface area contributed by atoms with Gasteiger partial charge in [-0.05, 0) is 20.3 Å². The van der Waals surface area contributed by atoms with E-state index in [4.69, 9.17) is 5.11 Å². The van der Waals surface area contributed by atoms with Crippen LogP contribution in [0.2, 0.25) is 0 Å². The zero-order valence-electron chi connectivity index (χ0n) is 8.95. The van der Waals surface area contributed by atoms with Gasteiger partial charge >= 0.3 is 5.97 Å². The molecule has 0 aromatic rings. The van der Waals surface area contributed by atoms with Gasteiger partial charge in [-0.2, -0.15) is 0 Å². The molecule has 0 unspecified atom stereocenters. The number of imide groups is 1. The number of carbonyl (C=O) groups excluding carboxylic acids is 2. The van der Waals surface area contributed by atoms with E-state index in [2.05, 4.69) is 0 Å². The Labute approximate surface area is 88.1 Å². The van der Waals surface area contributed by atoms with Gasteiger partial charge < -0.3 is 5.11 Å². The Kier molecular flexibility index (Phi) is 3.12. The standard InChI is InChI=1S/C10H15NO4/c1-10(2,6-5-9(14)15)11-7(12)3-4-8(11)13/h3-6H2,1-2H3,(H,14,15). The monoisotopic (exact) mass is 213 g/mol. The van der Waals surface area contributed by atoms with Crippen LogP contribution in [0.4, 0.5) is 0 Å². The van der Waals surface area contributed by atoms with Crippen LogP contribution in [0, 0.1) is 0 Å². The highest BCUT2D eigenvalue weighted by atomic mass is 16.4. The molecule has 1 N–H and O–H groups in total. The van der Waals surface area contributed by atoms with E-state index in [1.165, 1.54) is 4.90 Å². The Hall–Kier alpha value is -1.39. The van der Waals surface area contributed by atoms with Gasteiger partial charge in [-0.15, -0.1) is 0 Å². The summed E-state index contributed by atoms with van der Waals surface area (Å²) >= 11 is 0. The molecule has 0 radical (unpaired) electrons. The minimum absolute atomic E-state index is 0.0376. The number of likely N-dealkylation sites (tertiary alicyclic amines) is 1. The normalized spacial score (nSPS) is 17.3. The molecule has 0 aromatic carbocycles. The number of hydrogen-bond donors (Lipinski definition) is 1. The molecule has 1 aliphatic rings. The molecule has 0 aliphatic carbocycles. The van der Waals surface area contributed by atoms with Gasteiger partial charge in [-0.1, -0.05) is 0 Å². The van der Waals surface area contributed by atoms with Crippen molar-refractivity contribution in [3.05, 3.63) is 0 Å². The van der Waals surface area contributed by atoms with Crippen LogP contribution >= 0.6 is 0 Å². The van der Waals surface area contributed by atoms with Gasteiger partial charge in [0.1, 0.15) is 0 Å². The van der Waals surface area contributed by atoms with Crippen LogP contribution in [0.15, 0.2) is 0 Å². The quantitative estimate of drug-likeness (QED) is 0.700. The van der Waals surface area contributed by atoms with E-state index in [0.717, 1.165) is 0 Å². The number of rotatable bonds is 4. The molecule has 0 saturated carbocycles. The molecule has 0 atom stereocenters. The van der Waals surface area contributed by atoms with Gasteiger partial charge in [0.05, 0.1) is 0 Å². The fourth-order valence-electron chi connectivity index (χ4n) is 1.78. The summed E-state index contributed by atoms with van der Waals surface area (Å²) in [6.07, 6.45) is 0.745. The van der Waals surface area contributed by atoms with Crippen LogP contribution in [0.3, 0.4) is 0 Å². The van der Waals surface area contributed by atoms with E-state index >= 15 is 0 Å². The summed E-state index contributed by atoms with van der Waals surface area (Å²) in [5.74, 6) is -1.31. The molecule has 5 heteroatoms. The molecular weight excluding hydrogens is 198 g/mol. The van der Waals surface area contributed by atoms with Crippen LogP contribution < -0.4 is 0 Å². The summed E-state index contributed by atoms with van der Waals surface area (Å²) in [6.45, 7) is 3.44. The third-order valence-electron chi connectivity index (χ3n) is 2.61. The van der Waals surface area contributed by atoms with Gasteiger partial charge in [0.15, 0.2) is 0 Å². The van der Waals surface area contributed by atoms with E-state index < -0.39 is 11.5 Å². The third kappa shape index (κ3) is 2.55. The maximum atomic E-state index is 11.4. The lowest BCUT2D eigenvalue weighted by atomic mass is 9.96. The molecule has 0 aromatic heterocycles. The molecule has 84 valence electrons. The highest BCUT2D eigenvalue weighted by Crippen LogP contribution is 2.27. The molecule has 1 saturated heterocycles. The van der Waals surface area contributed by atoms with Crippen molar-refractivity contribution >= 4 is 17.8 Å². The summed E-state index contributed by atoms with van der Waals surface area (Å²) in [5.41, 5.74) is -0.691. The highest BCUT2D eigenvalue weighted by Gasteiger charge is 2.39. The zero-order valence-corrected chi connectivity index (χ0v) is 8.95. The summed E-state index contributed by atoms with van der Waals surface area (Å²) in [7, 11) is 0. The molecule has 5 nitrogen and oxygen atoms in total. The van der Waals surface area contributed by atoms with Crippen LogP contribution in [0.25, 0.3) is 0 Å².